The number of aromatic amines is 1. The molecule has 2 N–H and O–H groups in total. The monoisotopic (exact) mass is 253 g/mol. The molecule has 0 bridgehead atoms. The van der Waals surface area contributed by atoms with Crippen LogP contribution in [-0.2, 0) is 6.42 Å². The summed E-state index contributed by atoms with van der Waals surface area (Å²) in [6, 6.07) is 1.99. The number of imidazole rings is 1. The van der Waals surface area contributed by atoms with E-state index in [1.54, 1.807) is 12.4 Å². The highest BCUT2D eigenvalue weighted by Gasteiger charge is 2.07. The average Bonchev–Trinajstić information content (AvgIpc) is 2.88. The number of nitrogens with one attached hydrogen (secondary N) is 2. The van der Waals surface area contributed by atoms with Gasteiger partial charge in [0.1, 0.15) is 16.8 Å². The molecule has 5 nitrogen and oxygen atoms in total. The summed E-state index contributed by atoms with van der Waals surface area (Å²) in [4.78, 5) is 11.6. The van der Waals surface area contributed by atoms with Crippen LogP contribution >= 0.6 is 22.9 Å². The van der Waals surface area contributed by atoms with Crippen molar-refractivity contribution in [3.8, 4) is 6.07 Å². The van der Waals surface area contributed by atoms with Gasteiger partial charge in [-0.15, -0.1) is 0 Å². The Kier molecular flexibility index (Phi) is 3.39. The fourth-order valence-corrected chi connectivity index (χ4v) is 2.14. The molecular weight excluding hydrogens is 246 g/mol. The van der Waals surface area contributed by atoms with Crippen LogP contribution in [0.1, 0.15) is 10.7 Å². The molecule has 2 aromatic rings. The largest absolute Gasteiger partial charge is 0.361 e. The first-order chi connectivity index (χ1) is 7.79. The van der Waals surface area contributed by atoms with Gasteiger partial charge in [-0.1, -0.05) is 22.9 Å². The van der Waals surface area contributed by atoms with Gasteiger partial charge in [-0.2, -0.15) is 5.26 Å². The molecule has 2 aromatic heterocycles. The lowest BCUT2D eigenvalue weighted by Crippen LogP contribution is -2.05. The predicted molar refractivity (Wildman–Crippen MR) is 62.6 cm³/mol. The molecule has 2 rings (SSSR count). The maximum Gasteiger partial charge on any atom is 0.185 e. The molecule has 0 radical (unpaired) electrons. The van der Waals surface area contributed by atoms with E-state index in [0.29, 0.717) is 16.6 Å². The number of H-pyrrole nitrogens is 1. The van der Waals surface area contributed by atoms with Crippen molar-refractivity contribution in [3.63, 3.8) is 0 Å². The number of anilines is 1. The lowest BCUT2D eigenvalue weighted by atomic mass is 10.4. The van der Waals surface area contributed by atoms with Gasteiger partial charge < -0.3 is 10.3 Å². The molecule has 0 spiro atoms. The minimum absolute atomic E-state index is 0.257. The summed E-state index contributed by atoms with van der Waals surface area (Å²) in [5, 5.41) is 12.7. The Morgan fingerprint density at radius 1 is 1.62 bits per heavy atom. The first kappa shape index (κ1) is 10.9. The third-order valence-electron chi connectivity index (χ3n) is 1.88. The Balaban J connectivity index is 1.88. The van der Waals surface area contributed by atoms with E-state index < -0.39 is 0 Å². The molecule has 0 amide bonds. The summed E-state index contributed by atoms with van der Waals surface area (Å²) in [5.41, 5.74) is 0. The Labute approximate surface area is 101 Å². The smallest absolute Gasteiger partial charge is 0.185 e. The number of halogens is 1. The zero-order chi connectivity index (χ0) is 11.4. The summed E-state index contributed by atoms with van der Waals surface area (Å²) in [7, 11) is 0. The van der Waals surface area contributed by atoms with Crippen molar-refractivity contribution in [3.05, 3.63) is 28.2 Å². The molecule has 82 valence electrons. The van der Waals surface area contributed by atoms with Gasteiger partial charge in [0.05, 0.1) is 0 Å². The first-order valence-corrected chi connectivity index (χ1v) is 5.77. The van der Waals surface area contributed by atoms with E-state index in [4.69, 9.17) is 16.9 Å². The molecule has 0 saturated heterocycles. The van der Waals surface area contributed by atoms with Crippen molar-refractivity contribution in [2.24, 2.45) is 0 Å². The van der Waals surface area contributed by atoms with Crippen LogP contribution in [0.2, 0.25) is 5.15 Å². The Morgan fingerprint density at radius 3 is 3.12 bits per heavy atom. The van der Waals surface area contributed by atoms with Gasteiger partial charge in [-0.25, -0.2) is 9.97 Å². The molecule has 0 aliphatic rings. The number of nitrogens with zero attached hydrogens (tertiary/aromatic N) is 3. The van der Waals surface area contributed by atoms with Crippen molar-refractivity contribution in [2.45, 2.75) is 6.42 Å². The van der Waals surface area contributed by atoms with E-state index in [1.165, 1.54) is 11.3 Å². The first-order valence-electron chi connectivity index (χ1n) is 4.58. The SMILES string of the molecule is N#Cc1sc(NCCc2ncc[nH]2)nc1Cl. The molecule has 0 atom stereocenters. The minimum atomic E-state index is 0.257. The fourth-order valence-electron chi connectivity index (χ4n) is 1.17. The van der Waals surface area contributed by atoms with Gasteiger partial charge >= 0.3 is 0 Å². The number of nitriles is 1. The molecule has 0 aromatic carbocycles. The molecular formula is C9H8ClN5S. The predicted octanol–water partition coefficient (Wildman–Crippen LogP) is 2.05. The van der Waals surface area contributed by atoms with Crippen LogP contribution in [0.5, 0.6) is 0 Å². The molecule has 0 aliphatic heterocycles. The van der Waals surface area contributed by atoms with Crippen LogP contribution in [0.25, 0.3) is 0 Å². The number of thiazole rings is 1. The second-order valence-corrected chi connectivity index (χ2v) is 4.32. The molecule has 0 aliphatic carbocycles. The van der Waals surface area contributed by atoms with Crippen LogP contribution < -0.4 is 5.32 Å². The summed E-state index contributed by atoms with van der Waals surface area (Å²) < 4.78 is 0. The van der Waals surface area contributed by atoms with Crippen LogP contribution in [0.15, 0.2) is 12.4 Å². The van der Waals surface area contributed by atoms with Gasteiger partial charge in [0.25, 0.3) is 0 Å². The molecule has 0 unspecified atom stereocenters. The van der Waals surface area contributed by atoms with E-state index in [9.17, 15) is 0 Å². The lowest BCUT2D eigenvalue weighted by molar-refractivity contribution is 0.926. The maximum atomic E-state index is 8.70. The molecule has 0 saturated carbocycles. The lowest BCUT2D eigenvalue weighted by Gasteiger charge is -1.99. The van der Waals surface area contributed by atoms with Crippen molar-refractivity contribution in [2.75, 3.05) is 11.9 Å². The summed E-state index contributed by atoms with van der Waals surface area (Å²) in [6.45, 7) is 0.697. The third kappa shape index (κ3) is 2.51. The van der Waals surface area contributed by atoms with E-state index >= 15 is 0 Å². The highest BCUT2D eigenvalue weighted by atomic mass is 35.5. The van der Waals surface area contributed by atoms with Crippen LogP contribution in [0.4, 0.5) is 5.13 Å². The van der Waals surface area contributed by atoms with Crippen LogP contribution in [-0.4, -0.2) is 21.5 Å². The second-order valence-electron chi connectivity index (χ2n) is 2.96. The fraction of sp³-hybridized carbons (Fsp3) is 0.222. The van der Waals surface area contributed by atoms with E-state index in [-0.39, 0.29) is 5.15 Å². The quantitative estimate of drug-likeness (QED) is 0.874. The molecule has 7 heteroatoms. The summed E-state index contributed by atoms with van der Waals surface area (Å²) >= 11 is 6.99. The van der Waals surface area contributed by atoms with E-state index in [2.05, 4.69) is 20.3 Å². The Morgan fingerprint density at radius 2 is 2.50 bits per heavy atom. The highest BCUT2D eigenvalue weighted by Crippen LogP contribution is 2.25. The van der Waals surface area contributed by atoms with Gasteiger partial charge in [-0.05, 0) is 0 Å². The minimum Gasteiger partial charge on any atom is -0.361 e. The third-order valence-corrected chi connectivity index (χ3v) is 3.18. The number of hydrogen-bond acceptors (Lipinski definition) is 5. The van der Waals surface area contributed by atoms with Crippen molar-refractivity contribution in [1.29, 1.82) is 5.26 Å². The normalized spacial score (nSPS) is 10.0. The zero-order valence-electron chi connectivity index (χ0n) is 8.20. The molecule has 16 heavy (non-hydrogen) atoms. The standard InChI is InChI=1S/C9H8ClN5S/c10-8-6(5-11)16-9(15-8)14-2-1-7-12-3-4-13-7/h3-4H,1-2H2,(H,12,13)(H,14,15). The van der Waals surface area contributed by atoms with Crippen molar-refractivity contribution in [1.82, 2.24) is 15.0 Å². The van der Waals surface area contributed by atoms with Crippen LogP contribution in [0.3, 0.4) is 0 Å². The summed E-state index contributed by atoms with van der Waals surface area (Å²) in [6.07, 6.45) is 4.26. The maximum absolute atomic E-state index is 8.70. The number of aromatic nitrogens is 3. The van der Waals surface area contributed by atoms with Crippen LogP contribution in [0, 0.1) is 11.3 Å². The average molecular weight is 254 g/mol. The topological polar surface area (TPSA) is 77.4 Å². The second kappa shape index (κ2) is 4.96. The Bertz CT molecular complexity index is 498. The Hall–Kier alpha value is -1.58. The van der Waals surface area contributed by atoms with E-state index in [0.717, 1.165) is 12.2 Å². The van der Waals surface area contributed by atoms with E-state index in [1.807, 2.05) is 6.07 Å². The molecule has 0 fully saturated rings. The highest BCUT2D eigenvalue weighted by molar-refractivity contribution is 7.16. The zero-order valence-corrected chi connectivity index (χ0v) is 9.77. The van der Waals surface area contributed by atoms with Crippen molar-refractivity contribution < 1.29 is 0 Å². The van der Waals surface area contributed by atoms with Gasteiger partial charge in [-0.3, -0.25) is 0 Å². The van der Waals surface area contributed by atoms with Gasteiger partial charge in [0, 0.05) is 25.4 Å². The summed E-state index contributed by atoms with van der Waals surface area (Å²) in [5.74, 6) is 0.913. The van der Waals surface area contributed by atoms with Gasteiger partial charge in [0.2, 0.25) is 0 Å². The number of rotatable bonds is 4. The number of hydrogen-bond donors (Lipinski definition) is 2. The molecule has 2 heterocycles. The van der Waals surface area contributed by atoms with Crippen molar-refractivity contribution >= 4 is 28.1 Å². The van der Waals surface area contributed by atoms with Gasteiger partial charge in [0.15, 0.2) is 10.3 Å².